The number of aromatic nitrogens is 5. The Hall–Kier alpha value is -3.35. The summed E-state index contributed by atoms with van der Waals surface area (Å²) in [5.74, 6) is -2.14. The molecule has 1 amide bonds. The van der Waals surface area contributed by atoms with Gasteiger partial charge in [-0.15, -0.1) is 0 Å². The summed E-state index contributed by atoms with van der Waals surface area (Å²) in [4.78, 5) is 29.0. The number of benzene rings is 1. The molecular formula is C14H9F3N6O3S. The zero-order valence-electron chi connectivity index (χ0n) is 13.0. The van der Waals surface area contributed by atoms with Crippen LogP contribution in [0.5, 0.6) is 5.88 Å². The number of aromatic amines is 2. The van der Waals surface area contributed by atoms with Crippen LogP contribution in [0.2, 0.25) is 0 Å². The second kappa shape index (κ2) is 7.11. The Morgan fingerprint density at radius 3 is 2.48 bits per heavy atom. The first-order valence-corrected chi connectivity index (χ1v) is 7.91. The maximum atomic E-state index is 12.3. The monoisotopic (exact) mass is 398 g/mol. The molecule has 3 rings (SSSR count). The van der Waals surface area contributed by atoms with Crippen LogP contribution < -0.4 is 10.9 Å². The van der Waals surface area contributed by atoms with Crippen molar-refractivity contribution in [3.8, 4) is 17.1 Å². The highest BCUT2D eigenvalue weighted by atomic mass is 32.2. The molecule has 1 aromatic carbocycles. The van der Waals surface area contributed by atoms with E-state index in [1.54, 1.807) is 17.1 Å². The number of hydrogen-bond donors (Lipinski definition) is 4. The van der Waals surface area contributed by atoms with Gasteiger partial charge in [-0.25, -0.2) is 0 Å². The topological polar surface area (TPSA) is 137 Å². The van der Waals surface area contributed by atoms with Crippen molar-refractivity contribution in [2.45, 2.75) is 10.7 Å². The van der Waals surface area contributed by atoms with Crippen molar-refractivity contribution in [2.75, 3.05) is 5.32 Å². The van der Waals surface area contributed by atoms with Gasteiger partial charge in [0.05, 0.1) is 6.20 Å². The Morgan fingerprint density at radius 2 is 1.93 bits per heavy atom. The largest absolute Gasteiger partial charge is 0.493 e. The lowest BCUT2D eigenvalue weighted by Crippen LogP contribution is -2.25. The van der Waals surface area contributed by atoms with Gasteiger partial charge in [0.2, 0.25) is 5.88 Å². The molecular weight excluding hydrogens is 389 g/mol. The number of H-pyrrole nitrogens is 2. The Kier molecular flexibility index (Phi) is 4.85. The molecule has 3 aromatic rings. The highest BCUT2D eigenvalue weighted by Crippen LogP contribution is 2.35. The van der Waals surface area contributed by atoms with Crippen LogP contribution in [-0.2, 0) is 0 Å². The predicted octanol–water partition coefficient (Wildman–Crippen LogP) is 2.12. The fraction of sp³-hybridized carbons (Fsp3) is 0.0714. The molecule has 0 aliphatic carbocycles. The van der Waals surface area contributed by atoms with Crippen molar-refractivity contribution >= 4 is 23.4 Å². The Labute approximate surface area is 152 Å². The fourth-order valence-corrected chi connectivity index (χ4v) is 2.56. The van der Waals surface area contributed by atoms with Crippen LogP contribution in [0.15, 0.2) is 40.4 Å². The van der Waals surface area contributed by atoms with Gasteiger partial charge in [0.1, 0.15) is 5.69 Å². The molecule has 0 fully saturated rings. The van der Waals surface area contributed by atoms with E-state index in [0.717, 1.165) is 0 Å². The highest BCUT2D eigenvalue weighted by Gasteiger charge is 2.32. The molecule has 2 heterocycles. The number of hydrogen-bond acceptors (Lipinski definition) is 7. The van der Waals surface area contributed by atoms with Gasteiger partial charge in [0, 0.05) is 23.0 Å². The average molecular weight is 398 g/mol. The van der Waals surface area contributed by atoms with Crippen molar-refractivity contribution < 1.29 is 23.1 Å². The van der Waals surface area contributed by atoms with Crippen LogP contribution in [0, 0.1) is 0 Å². The molecule has 13 heteroatoms. The molecule has 2 aromatic heterocycles. The van der Waals surface area contributed by atoms with E-state index in [1.165, 1.54) is 18.3 Å². The Balaban J connectivity index is 1.79. The van der Waals surface area contributed by atoms with E-state index in [0.29, 0.717) is 11.3 Å². The van der Waals surface area contributed by atoms with Crippen LogP contribution in [0.4, 0.5) is 18.9 Å². The molecule has 0 saturated heterocycles. The number of rotatable bonds is 4. The second-order valence-corrected chi connectivity index (χ2v) is 6.06. The smallest absolute Gasteiger partial charge is 0.449 e. The van der Waals surface area contributed by atoms with Crippen LogP contribution in [0.25, 0.3) is 11.3 Å². The normalized spacial score (nSPS) is 11.4. The number of alkyl halides is 3. The Bertz CT molecular complexity index is 1020. The fourth-order valence-electron chi connectivity index (χ4n) is 2.06. The minimum Gasteiger partial charge on any atom is -0.493 e. The van der Waals surface area contributed by atoms with Crippen molar-refractivity contribution in [3.05, 3.63) is 46.4 Å². The maximum absolute atomic E-state index is 12.3. The lowest BCUT2D eigenvalue weighted by atomic mass is 10.1. The number of amides is 1. The molecule has 0 bridgehead atoms. The van der Waals surface area contributed by atoms with E-state index in [-0.39, 0.29) is 5.69 Å². The predicted molar refractivity (Wildman–Crippen MR) is 88.2 cm³/mol. The summed E-state index contributed by atoms with van der Waals surface area (Å²) >= 11 is -0.718. The number of aromatic hydroxyl groups is 1. The van der Waals surface area contributed by atoms with E-state index < -0.39 is 45.3 Å². The summed E-state index contributed by atoms with van der Waals surface area (Å²) in [5.41, 5.74) is -5.16. The van der Waals surface area contributed by atoms with Gasteiger partial charge in [0.25, 0.3) is 11.5 Å². The minimum atomic E-state index is -4.71. The van der Waals surface area contributed by atoms with Gasteiger partial charge < -0.3 is 15.4 Å². The Morgan fingerprint density at radius 1 is 1.22 bits per heavy atom. The lowest BCUT2D eigenvalue weighted by molar-refractivity contribution is -0.0331. The molecule has 140 valence electrons. The highest BCUT2D eigenvalue weighted by molar-refractivity contribution is 8.00. The van der Waals surface area contributed by atoms with Crippen molar-refractivity contribution in [1.82, 2.24) is 25.4 Å². The molecule has 0 unspecified atom stereocenters. The van der Waals surface area contributed by atoms with E-state index in [1.807, 2.05) is 0 Å². The summed E-state index contributed by atoms with van der Waals surface area (Å²) in [6.45, 7) is 0. The van der Waals surface area contributed by atoms with E-state index in [9.17, 15) is 27.9 Å². The van der Waals surface area contributed by atoms with E-state index in [2.05, 4.69) is 25.7 Å². The number of thioether (sulfide) groups is 1. The first kappa shape index (κ1) is 18.4. The first-order valence-electron chi connectivity index (χ1n) is 7.09. The van der Waals surface area contributed by atoms with Gasteiger partial charge >= 0.3 is 5.51 Å². The van der Waals surface area contributed by atoms with Gasteiger partial charge in [0.15, 0.2) is 10.7 Å². The van der Waals surface area contributed by atoms with Gasteiger partial charge in [-0.3, -0.25) is 9.59 Å². The van der Waals surface area contributed by atoms with E-state index >= 15 is 0 Å². The van der Waals surface area contributed by atoms with Crippen molar-refractivity contribution in [1.29, 1.82) is 0 Å². The van der Waals surface area contributed by atoms with Gasteiger partial charge in [-0.05, 0) is 12.1 Å². The third-order valence-electron chi connectivity index (χ3n) is 3.17. The molecule has 0 aliphatic rings. The van der Waals surface area contributed by atoms with Gasteiger partial charge in [-0.1, -0.05) is 12.1 Å². The number of nitrogens with zero attached hydrogens (tertiary/aromatic N) is 3. The minimum absolute atomic E-state index is 0.278. The quantitative estimate of drug-likeness (QED) is 0.390. The zero-order valence-corrected chi connectivity index (χ0v) is 13.9. The molecule has 0 aliphatic heterocycles. The summed E-state index contributed by atoms with van der Waals surface area (Å²) in [5, 5.41) is 21.2. The molecule has 9 nitrogen and oxygen atoms in total. The molecule has 0 spiro atoms. The summed E-state index contributed by atoms with van der Waals surface area (Å²) in [6, 6.07) is 6.26. The van der Waals surface area contributed by atoms with Crippen molar-refractivity contribution in [2.24, 2.45) is 0 Å². The van der Waals surface area contributed by atoms with Crippen LogP contribution in [-0.4, -0.2) is 41.9 Å². The molecule has 0 atom stereocenters. The average Bonchev–Trinajstić information content (AvgIpc) is 3.07. The molecule has 27 heavy (non-hydrogen) atoms. The number of carbonyl (C=O) groups is 1. The van der Waals surface area contributed by atoms with Crippen molar-refractivity contribution in [3.63, 3.8) is 0 Å². The third-order valence-corrected chi connectivity index (χ3v) is 3.79. The van der Waals surface area contributed by atoms with E-state index in [4.69, 9.17) is 0 Å². The maximum Gasteiger partial charge on any atom is 0.449 e. The zero-order chi connectivity index (χ0) is 19.6. The number of nitrogens with one attached hydrogen (secondary N) is 3. The summed E-state index contributed by atoms with van der Waals surface area (Å²) in [7, 11) is 0. The molecule has 0 radical (unpaired) electrons. The number of halogens is 3. The summed E-state index contributed by atoms with van der Waals surface area (Å²) < 4.78 is 36.9. The van der Waals surface area contributed by atoms with Gasteiger partial charge in [-0.2, -0.15) is 33.6 Å². The first-order chi connectivity index (χ1) is 12.7. The third kappa shape index (κ3) is 4.44. The molecule has 4 N–H and O–H groups in total. The standard InChI is InChI=1S/C14H9F3N6O3S/c15-14(16,17)27-13-20-11(25)9(12(26)21-13)10(24)19-7-3-1-6(2-4-7)8-5-18-23-22-8/h1-5H,(H,19,24)(H,18,22,23)(H2,20,21,25,26). The van der Waals surface area contributed by atoms with Crippen LogP contribution >= 0.6 is 11.8 Å². The lowest BCUT2D eigenvalue weighted by Gasteiger charge is -2.08. The number of anilines is 1. The second-order valence-electron chi connectivity index (χ2n) is 5.00. The SMILES string of the molecule is O=C(Nc1ccc(-c2cn[nH]n2)cc1)c1c(O)nc(SC(F)(F)F)[nH]c1=O. The van der Waals surface area contributed by atoms with Crippen LogP contribution in [0.1, 0.15) is 10.4 Å². The summed E-state index contributed by atoms with van der Waals surface area (Å²) in [6.07, 6.45) is 1.50. The number of carbonyl (C=O) groups excluding carboxylic acids is 1. The molecule has 0 saturated carbocycles. The van der Waals surface area contributed by atoms with Crippen LogP contribution in [0.3, 0.4) is 0 Å².